The van der Waals surface area contributed by atoms with Gasteiger partial charge in [0.15, 0.2) is 11.5 Å². The lowest BCUT2D eigenvalue weighted by Crippen LogP contribution is -1.94. The van der Waals surface area contributed by atoms with Gasteiger partial charge in [0, 0.05) is 12.1 Å². The molecule has 0 saturated carbocycles. The molecule has 6 nitrogen and oxygen atoms in total. The molecule has 7 heteroatoms. The van der Waals surface area contributed by atoms with Crippen LogP contribution in [0.2, 0.25) is 0 Å². The van der Waals surface area contributed by atoms with Crippen LogP contribution in [0.1, 0.15) is 0 Å². The maximum Gasteiger partial charge on any atom is 0.262 e. The Hall–Kier alpha value is -1.76. The highest BCUT2D eigenvalue weighted by Gasteiger charge is 2.17. The summed E-state index contributed by atoms with van der Waals surface area (Å²) in [6, 6.07) is 3.42. The molecule has 0 bridgehead atoms. The van der Waals surface area contributed by atoms with Crippen LogP contribution in [0.5, 0.6) is 17.2 Å². The van der Waals surface area contributed by atoms with Crippen molar-refractivity contribution in [1.82, 2.24) is 10.1 Å². The van der Waals surface area contributed by atoms with Crippen molar-refractivity contribution in [3.63, 3.8) is 0 Å². The van der Waals surface area contributed by atoms with Gasteiger partial charge in [-0.2, -0.15) is 4.98 Å². The minimum absolute atomic E-state index is 0.333. The summed E-state index contributed by atoms with van der Waals surface area (Å²) in [5, 5.41) is 3.67. The van der Waals surface area contributed by atoms with Crippen LogP contribution in [0.3, 0.4) is 0 Å². The molecule has 18 heavy (non-hydrogen) atoms. The Bertz CT molecular complexity index is 556. The molecule has 2 aromatic rings. The summed E-state index contributed by atoms with van der Waals surface area (Å²) < 4.78 is 21.1. The fourth-order valence-corrected chi connectivity index (χ4v) is 1.74. The summed E-state index contributed by atoms with van der Waals surface area (Å²) >= 11 is 3.13. The highest BCUT2D eigenvalue weighted by Crippen LogP contribution is 2.39. The number of rotatable bonds is 4. The molecule has 0 fully saturated rings. The summed E-state index contributed by atoms with van der Waals surface area (Å²) in [6.07, 6.45) is 0. The number of hydrogen-bond donors (Lipinski definition) is 0. The van der Waals surface area contributed by atoms with Crippen molar-refractivity contribution in [2.45, 2.75) is 0 Å². The van der Waals surface area contributed by atoms with Gasteiger partial charge in [-0.3, -0.25) is 0 Å². The van der Waals surface area contributed by atoms with Gasteiger partial charge in [-0.1, -0.05) is 0 Å². The summed E-state index contributed by atoms with van der Waals surface area (Å²) in [6.45, 7) is 0. The Morgan fingerprint density at radius 1 is 1.00 bits per heavy atom. The van der Waals surface area contributed by atoms with Gasteiger partial charge >= 0.3 is 0 Å². The molecule has 0 spiro atoms. The maximum absolute atomic E-state index is 5.27. The quantitative estimate of drug-likeness (QED) is 0.864. The summed E-state index contributed by atoms with van der Waals surface area (Å²) in [5.74, 6) is 2.02. The third-order valence-corrected chi connectivity index (χ3v) is 2.66. The molecule has 0 aliphatic carbocycles. The van der Waals surface area contributed by atoms with Crippen molar-refractivity contribution in [1.29, 1.82) is 0 Å². The van der Waals surface area contributed by atoms with Crippen molar-refractivity contribution in [3.8, 4) is 28.7 Å². The van der Waals surface area contributed by atoms with Crippen LogP contribution in [0.25, 0.3) is 11.5 Å². The van der Waals surface area contributed by atoms with E-state index in [1.165, 1.54) is 0 Å². The number of benzene rings is 1. The second-order valence-electron chi connectivity index (χ2n) is 3.28. The predicted molar refractivity (Wildman–Crippen MR) is 67.1 cm³/mol. The number of methoxy groups -OCH3 is 3. The molecule has 1 aromatic carbocycles. The fraction of sp³-hybridized carbons (Fsp3) is 0.273. The topological polar surface area (TPSA) is 66.6 Å². The van der Waals surface area contributed by atoms with Crippen LogP contribution < -0.4 is 14.2 Å². The van der Waals surface area contributed by atoms with Crippen molar-refractivity contribution in [2.75, 3.05) is 21.3 Å². The third-order valence-electron chi connectivity index (χ3n) is 2.34. The summed E-state index contributed by atoms with van der Waals surface area (Å²) in [4.78, 5) is 4.08. The number of hydrogen-bond acceptors (Lipinski definition) is 6. The Labute approximate surface area is 112 Å². The highest BCUT2D eigenvalue weighted by molar-refractivity contribution is 9.10. The van der Waals surface area contributed by atoms with E-state index in [1.54, 1.807) is 33.5 Å². The van der Waals surface area contributed by atoms with E-state index in [0.717, 1.165) is 0 Å². The zero-order chi connectivity index (χ0) is 13.1. The van der Waals surface area contributed by atoms with Crippen molar-refractivity contribution in [2.24, 2.45) is 0 Å². The largest absolute Gasteiger partial charge is 0.496 e. The molecule has 1 aromatic heterocycles. The zero-order valence-electron chi connectivity index (χ0n) is 10.1. The molecule has 0 aliphatic heterocycles. The van der Waals surface area contributed by atoms with Crippen molar-refractivity contribution >= 4 is 15.9 Å². The second kappa shape index (κ2) is 5.26. The zero-order valence-corrected chi connectivity index (χ0v) is 11.6. The molecule has 0 aliphatic rings. The fourth-order valence-electron chi connectivity index (χ4n) is 1.51. The average molecular weight is 315 g/mol. The first-order chi connectivity index (χ1) is 8.69. The molecule has 0 radical (unpaired) electrons. The lowest BCUT2D eigenvalue weighted by Gasteiger charge is -2.11. The monoisotopic (exact) mass is 314 g/mol. The third kappa shape index (κ3) is 2.26. The lowest BCUT2D eigenvalue weighted by atomic mass is 10.1. The van der Waals surface area contributed by atoms with Gasteiger partial charge in [-0.25, -0.2) is 0 Å². The van der Waals surface area contributed by atoms with E-state index in [1.807, 2.05) is 0 Å². The van der Waals surface area contributed by atoms with Crippen LogP contribution in [-0.2, 0) is 0 Å². The van der Waals surface area contributed by atoms with Gasteiger partial charge in [0.25, 0.3) is 5.89 Å². The summed E-state index contributed by atoms with van der Waals surface area (Å²) in [5.41, 5.74) is 0.633. The molecular weight excluding hydrogens is 304 g/mol. The van der Waals surface area contributed by atoms with Crippen LogP contribution in [-0.4, -0.2) is 31.5 Å². The van der Waals surface area contributed by atoms with Crippen LogP contribution in [0.15, 0.2) is 21.4 Å². The smallest absolute Gasteiger partial charge is 0.262 e. The predicted octanol–water partition coefficient (Wildman–Crippen LogP) is 2.52. The SMILES string of the molecule is COc1cc(OC)c(-c2nc(Br)no2)cc1OC. The molecule has 2 rings (SSSR count). The molecule has 0 N–H and O–H groups in total. The van der Waals surface area contributed by atoms with Crippen LogP contribution >= 0.6 is 15.9 Å². The number of halogens is 1. The van der Waals surface area contributed by atoms with Gasteiger partial charge in [0.1, 0.15) is 5.75 Å². The van der Waals surface area contributed by atoms with E-state index in [-0.39, 0.29) is 0 Å². The molecule has 0 atom stereocenters. The number of nitrogens with zero attached hydrogens (tertiary/aromatic N) is 2. The van der Waals surface area contributed by atoms with E-state index in [9.17, 15) is 0 Å². The van der Waals surface area contributed by atoms with E-state index in [2.05, 4.69) is 26.1 Å². The first-order valence-electron chi connectivity index (χ1n) is 4.99. The van der Waals surface area contributed by atoms with Gasteiger partial charge < -0.3 is 18.7 Å². The van der Waals surface area contributed by atoms with E-state index >= 15 is 0 Å². The average Bonchev–Trinajstić information content (AvgIpc) is 2.83. The first kappa shape index (κ1) is 12.7. The van der Waals surface area contributed by atoms with Gasteiger partial charge in [-0.15, -0.1) is 0 Å². The molecule has 96 valence electrons. The maximum atomic E-state index is 5.27. The number of aromatic nitrogens is 2. The van der Waals surface area contributed by atoms with Crippen LogP contribution in [0, 0.1) is 0 Å². The first-order valence-corrected chi connectivity index (χ1v) is 5.78. The molecule has 0 saturated heterocycles. The lowest BCUT2D eigenvalue weighted by molar-refractivity contribution is 0.348. The Balaban J connectivity index is 2.58. The molecule has 1 heterocycles. The molecule has 0 amide bonds. The molecule has 0 unspecified atom stereocenters. The van der Waals surface area contributed by atoms with Crippen LogP contribution in [0.4, 0.5) is 0 Å². The minimum Gasteiger partial charge on any atom is -0.496 e. The van der Waals surface area contributed by atoms with E-state index in [4.69, 9.17) is 18.7 Å². The normalized spacial score (nSPS) is 10.2. The standard InChI is InChI=1S/C11H11BrN2O4/c1-15-7-5-9(17-3)8(16-2)4-6(7)10-13-11(12)14-18-10/h4-5H,1-3H3. The second-order valence-corrected chi connectivity index (χ2v) is 3.99. The Morgan fingerprint density at radius 3 is 2.11 bits per heavy atom. The van der Waals surface area contributed by atoms with Gasteiger partial charge in [-0.05, 0) is 21.1 Å². The Morgan fingerprint density at radius 2 is 1.61 bits per heavy atom. The van der Waals surface area contributed by atoms with E-state index < -0.39 is 0 Å². The van der Waals surface area contributed by atoms with Crippen molar-refractivity contribution < 1.29 is 18.7 Å². The van der Waals surface area contributed by atoms with E-state index in [0.29, 0.717) is 33.4 Å². The van der Waals surface area contributed by atoms with Crippen molar-refractivity contribution in [3.05, 3.63) is 16.9 Å². The Kier molecular flexibility index (Phi) is 3.71. The van der Waals surface area contributed by atoms with Gasteiger partial charge in [0.2, 0.25) is 4.73 Å². The number of ether oxygens (including phenoxy) is 3. The highest BCUT2D eigenvalue weighted by atomic mass is 79.9. The van der Waals surface area contributed by atoms with Gasteiger partial charge in [0.05, 0.1) is 26.9 Å². The summed E-state index contributed by atoms with van der Waals surface area (Å²) in [7, 11) is 4.66. The minimum atomic E-state index is 0.333. The molecular formula is C11H11BrN2O4.